The van der Waals surface area contributed by atoms with Gasteiger partial charge in [0.2, 0.25) is 0 Å². The van der Waals surface area contributed by atoms with E-state index in [2.05, 4.69) is 20.8 Å². The third-order valence-corrected chi connectivity index (χ3v) is 3.86. The van der Waals surface area contributed by atoms with Gasteiger partial charge in [-0.15, -0.1) is 10.2 Å². The summed E-state index contributed by atoms with van der Waals surface area (Å²) in [6.07, 6.45) is 0. The summed E-state index contributed by atoms with van der Waals surface area (Å²) < 4.78 is 10.5. The van der Waals surface area contributed by atoms with Crippen LogP contribution in [0.2, 0.25) is 0 Å². The molecule has 0 atom stereocenters. The minimum Gasteiger partial charge on any atom is -0.493 e. The Morgan fingerprint density at radius 2 is 1.56 bits per heavy atom. The highest BCUT2D eigenvalue weighted by molar-refractivity contribution is 6.02. The Morgan fingerprint density at radius 1 is 0.852 bits per heavy atom. The highest BCUT2D eigenvalue weighted by Crippen LogP contribution is 2.30. The number of hydrogen-bond donors (Lipinski definition) is 2. The standard InChI is InChI=1S/C20H20N4O3/c1-13-4-6-14(7-5-13)22-20(25)16-9-11-19(24-23-16)21-15-8-10-17(26-2)18(12-15)27-3/h4-12H,1-3H3,(H,21,24)(H,22,25). The summed E-state index contributed by atoms with van der Waals surface area (Å²) in [5.74, 6) is 1.43. The van der Waals surface area contributed by atoms with Crippen LogP contribution in [-0.4, -0.2) is 30.3 Å². The zero-order valence-corrected chi connectivity index (χ0v) is 15.3. The number of carbonyl (C=O) groups excluding carboxylic acids is 1. The lowest BCUT2D eigenvalue weighted by atomic mass is 10.2. The van der Waals surface area contributed by atoms with Crippen LogP contribution in [0.4, 0.5) is 17.2 Å². The van der Waals surface area contributed by atoms with E-state index in [1.807, 2.05) is 37.3 Å². The van der Waals surface area contributed by atoms with Crippen LogP contribution in [0.3, 0.4) is 0 Å². The molecule has 3 rings (SSSR count). The molecule has 7 heteroatoms. The van der Waals surface area contributed by atoms with Gasteiger partial charge in [0.1, 0.15) is 0 Å². The van der Waals surface area contributed by atoms with Crippen molar-refractivity contribution >= 4 is 23.1 Å². The Labute approximate surface area is 157 Å². The monoisotopic (exact) mass is 364 g/mol. The van der Waals surface area contributed by atoms with Crippen molar-refractivity contribution in [1.29, 1.82) is 0 Å². The Bertz CT molecular complexity index is 925. The molecule has 1 aromatic heterocycles. The van der Waals surface area contributed by atoms with Gasteiger partial charge in [0.05, 0.1) is 14.2 Å². The van der Waals surface area contributed by atoms with E-state index < -0.39 is 0 Å². The first-order valence-electron chi connectivity index (χ1n) is 8.30. The average molecular weight is 364 g/mol. The highest BCUT2D eigenvalue weighted by atomic mass is 16.5. The summed E-state index contributed by atoms with van der Waals surface area (Å²) in [6, 6.07) is 16.3. The molecule has 0 aliphatic heterocycles. The highest BCUT2D eigenvalue weighted by Gasteiger charge is 2.10. The van der Waals surface area contributed by atoms with Gasteiger partial charge in [-0.05, 0) is 43.3 Å². The van der Waals surface area contributed by atoms with Crippen molar-refractivity contribution in [2.45, 2.75) is 6.92 Å². The van der Waals surface area contributed by atoms with E-state index in [0.29, 0.717) is 23.0 Å². The van der Waals surface area contributed by atoms with Gasteiger partial charge in [-0.2, -0.15) is 0 Å². The van der Waals surface area contributed by atoms with Crippen molar-refractivity contribution in [2.75, 3.05) is 24.9 Å². The second kappa shape index (κ2) is 8.18. The van der Waals surface area contributed by atoms with Crippen LogP contribution in [0, 0.1) is 6.92 Å². The van der Waals surface area contributed by atoms with Crippen molar-refractivity contribution < 1.29 is 14.3 Å². The smallest absolute Gasteiger partial charge is 0.276 e. The summed E-state index contributed by atoms with van der Waals surface area (Å²) in [5, 5.41) is 13.9. The van der Waals surface area contributed by atoms with Crippen LogP contribution in [0.15, 0.2) is 54.6 Å². The lowest BCUT2D eigenvalue weighted by Gasteiger charge is -2.11. The molecular formula is C20H20N4O3. The number of nitrogens with one attached hydrogen (secondary N) is 2. The van der Waals surface area contributed by atoms with Gasteiger partial charge in [-0.3, -0.25) is 4.79 Å². The molecule has 0 saturated carbocycles. The van der Waals surface area contributed by atoms with Crippen LogP contribution in [-0.2, 0) is 0 Å². The van der Waals surface area contributed by atoms with Crippen LogP contribution in [0.25, 0.3) is 0 Å². The zero-order chi connectivity index (χ0) is 19.2. The molecule has 2 aromatic carbocycles. The Kier molecular flexibility index (Phi) is 5.51. The summed E-state index contributed by atoms with van der Waals surface area (Å²) in [6.45, 7) is 1.99. The largest absolute Gasteiger partial charge is 0.493 e. The molecule has 1 amide bonds. The fourth-order valence-electron chi connectivity index (χ4n) is 2.41. The maximum atomic E-state index is 12.3. The lowest BCUT2D eigenvalue weighted by molar-refractivity contribution is 0.102. The normalized spacial score (nSPS) is 10.2. The summed E-state index contributed by atoms with van der Waals surface area (Å²) >= 11 is 0. The topological polar surface area (TPSA) is 85.4 Å². The lowest BCUT2D eigenvalue weighted by Crippen LogP contribution is -2.14. The van der Waals surface area contributed by atoms with Crippen molar-refractivity contribution in [3.05, 3.63) is 65.9 Å². The van der Waals surface area contributed by atoms with E-state index in [1.165, 1.54) is 0 Å². The third kappa shape index (κ3) is 4.52. The second-order valence-electron chi connectivity index (χ2n) is 5.82. The van der Waals surface area contributed by atoms with Crippen molar-refractivity contribution in [2.24, 2.45) is 0 Å². The number of methoxy groups -OCH3 is 2. The molecule has 3 aromatic rings. The molecule has 2 N–H and O–H groups in total. The quantitative estimate of drug-likeness (QED) is 0.692. The maximum Gasteiger partial charge on any atom is 0.276 e. The Balaban J connectivity index is 1.68. The first-order valence-corrected chi connectivity index (χ1v) is 8.30. The number of ether oxygens (including phenoxy) is 2. The SMILES string of the molecule is COc1ccc(Nc2ccc(C(=O)Nc3ccc(C)cc3)nn2)cc1OC. The molecule has 7 nitrogen and oxygen atoms in total. The van der Waals surface area contributed by atoms with Gasteiger partial charge >= 0.3 is 0 Å². The number of amides is 1. The predicted octanol–water partition coefficient (Wildman–Crippen LogP) is 3.80. The molecule has 0 bridgehead atoms. The van der Waals surface area contributed by atoms with Gasteiger partial charge in [0, 0.05) is 17.4 Å². The number of anilines is 3. The number of benzene rings is 2. The first kappa shape index (κ1) is 18.2. The molecule has 0 unspecified atom stereocenters. The van der Waals surface area contributed by atoms with Gasteiger partial charge in [-0.1, -0.05) is 17.7 Å². The van der Waals surface area contributed by atoms with Crippen LogP contribution in [0.1, 0.15) is 16.1 Å². The van der Waals surface area contributed by atoms with Gasteiger partial charge < -0.3 is 20.1 Å². The summed E-state index contributed by atoms with van der Waals surface area (Å²) in [7, 11) is 3.15. The van der Waals surface area contributed by atoms with E-state index in [-0.39, 0.29) is 11.6 Å². The third-order valence-electron chi connectivity index (χ3n) is 3.86. The molecule has 0 aliphatic carbocycles. The number of aryl methyl sites for hydroxylation is 1. The van der Waals surface area contributed by atoms with Crippen molar-refractivity contribution in [3.63, 3.8) is 0 Å². The molecule has 0 radical (unpaired) electrons. The van der Waals surface area contributed by atoms with E-state index in [4.69, 9.17) is 9.47 Å². The predicted molar refractivity (Wildman–Crippen MR) is 104 cm³/mol. The fraction of sp³-hybridized carbons (Fsp3) is 0.150. The number of nitrogens with zero attached hydrogens (tertiary/aromatic N) is 2. The van der Waals surface area contributed by atoms with Gasteiger partial charge in [-0.25, -0.2) is 0 Å². The fourth-order valence-corrected chi connectivity index (χ4v) is 2.41. The average Bonchev–Trinajstić information content (AvgIpc) is 2.70. The van der Waals surface area contributed by atoms with Crippen molar-refractivity contribution in [3.8, 4) is 11.5 Å². The van der Waals surface area contributed by atoms with Crippen LogP contribution >= 0.6 is 0 Å². The number of aromatic nitrogens is 2. The summed E-state index contributed by atoms with van der Waals surface area (Å²) in [4.78, 5) is 12.3. The van der Waals surface area contributed by atoms with Crippen LogP contribution in [0.5, 0.6) is 11.5 Å². The first-order chi connectivity index (χ1) is 13.1. The molecule has 0 fully saturated rings. The van der Waals surface area contributed by atoms with Gasteiger partial charge in [0.15, 0.2) is 23.0 Å². The van der Waals surface area contributed by atoms with E-state index in [9.17, 15) is 4.79 Å². The number of carbonyl (C=O) groups is 1. The Hall–Kier alpha value is -3.61. The Morgan fingerprint density at radius 3 is 2.19 bits per heavy atom. The second-order valence-corrected chi connectivity index (χ2v) is 5.82. The number of hydrogen-bond acceptors (Lipinski definition) is 6. The minimum absolute atomic E-state index is 0.230. The maximum absolute atomic E-state index is 12.3. The minimum atomic E-state index is -0.316. The van der Waals surface area contributed by atoms with E-state index >= 15 is 0 Å². The van der Waals surface area contributed by atoms with Crippen LogP contribution < -0.4 is 20.1 Å². The van der Waals surface area contributed by atoms with Crippen molar-refractivity contribution in [1.82, 2.24) is 10.2 Å². The molecule has 0 spiro atoms. The zero-order valence-electron chi connectivity index (χ0n) is 15.3. The molecule has 0 saturated heterocycles. The molecule has 138 valence electrons. The molecule has 27 heavy (non-hydrogen) atoms. The molecule has 0 aliphatic rings. The number of rotatable bonds is 6. The molecular weight excluding hydrogens is 344 g/mol. The molecule has 1 heterocycles. The van der Waals surface area contributed by atoms with Gasteiger partial charge in [0.25, 0.3) is 5.91 Å². The van der Waals surface area contributed by atoms with E-state index in [0.717, 1.165) is 11.3 Å². The van der Waals surface area contributed by atoms with E-state index in [1.54, 1.807) is 38.5 Å². The summed E-state index contributed by atoms with van der Waals surface area (Å²) in [5.41, 5.74) is 2.82.